The molecule has 2 rings (SSSR count). The molecule has 0 unspecified atom stereocenters. The summed E-state index contributed by atoms with van der Waals surface area (Å²) in [4.78, 5) is 12.1. The lowest BCUT2D eigenvalue weighted by atomic mass is 10.1. The molecule has 0 saturated carbocycles. The van der Waals surface area contributed by atoms with Crippen molar-refractivity contribution in [3.8, 4) is 0 Å². The summed E-state index contributed by atoms with van der Waals surface area (Å²) in [6.07, 6.45) is 3.15. The Balaban J connectivity index is 2.41. The fourth-order valence-electron chi connectivity index (χ4n) is 1.84. The first-order valence-corrected chi connectivity index (χ1v) is 6.11. The van der Waals surface area contributed by atoms with Gasteiger partial charge in [-0.3, -0.25) is 4.57 Å². The van der Waals surface area contributed by atoms with Crippen molar-refractivity contribution >= 4 is 23.1 Å². The first-order chi connectivity index (χ1) is 8.90. The standard InChI is InChI=1S/C16H17NO2/c1-5-6-12-7-8-14-13(11-12)9-10-17(14)15(18)19-16(2,3)4/h6-11H,1H2,2-4H3. The second-order valence-corrected chi connectivity index (χ2v) is 5.33. The van der Waals surface area contributed by atoms with E-state index in [1.807, 2.05) is 45.0 Å². The Morgan fingerprint density at radius 2 is 2.11 bits per heavy atom. The fraction of sp³-hybridized carbons (Fsp3) is 0.250. The zero-order valence-electron chi connectivity index (χ0n) is 11.4. The molecule has 0 aliphatic carbocycles. The summed E-state index contributed by atoms with van der Waals surface area (Å²) in [7, 11) is 0. The van der Waals surface area contributed by atoms with E-state index in [2.05, 4.69) is 12.3 Å². The van der Waals surface area contributed by atoms with Crippen LogP contribution in [0, 0.1) is 0 Å². The SMILES string of the molecule is C=C=Cc1ccc2c(ccn2C(=O)OC(C)(C)C)c1. The van der Waals surface area contributed by atoms with E-state index in [0.717, 1.165) is 16.5 Å². The molecular formula is C16H17NO2. The monoisotopic (exact) mass is 255 g/mol. The summed E-state index contributed by atoms with van der Waals surface area (Å²) in [5, 5.41) is 0.981. The minimum atomic E-state index is -0.501. The topological polar surface area (TPSA) is 31.2 Å². The summed E-state index contributed by atoms with van der Waals surface area (Å²) in [5.74, 6) is 0. The fourth-order valence-corrected chi connectivity index (χ4v) is 1.84. The summed E-state index contributed by atoms with van der Waals surface area (Å²) in [6, 6.07) is 7.68. The molecule has 2 aromatic rings. The van der Waals surface area contributed by atoms with Crippen LogP contribution in [0.2, 0.25) is 0 Å². The quantitative estimate of drug-likeness (QED) is 0.714. The number of aromatic nitrogens is 1. The van der Waals surface area contributed by atoms with Crippen LogP contribution in [0.3, 0.4) is 0 Å². The van der Waals surface area contributed by atoms with Crippen molar-refractivity contribution in [1.82, 2.24) is 4.57 Å². The lowest BCUT2D eigenvalue weighted by Gasteiger charge is -2.19. The van der Waals surface area contributed by atoms with E-state index in [9.17, 15) is 4.79 Å². The third kappa shape index (κ3) is 2.95. The molecule has 0 aliphatic heterocycles. The molecule has 0 atom stereocenters. The van der Waals surface area contributed by atoms with Gasteiger partial charge < -0.3 is 4.74 Å². The van der Waals surface area contributed by atoms with Gasteiger partial charge in [-0.05, 0) is 50.6 Å². The third-order valence-corrected chi connectivity index (χ3v) is 2.57. The molecule has 0 bridgehead atoms. The van der Waals surface area contributed by atoms with Crippen LogP contribution in [0.1, 0.15) is 26.3 Å². The predicted octanol–water partition coefficient (Wildman–Crippen LogP) is 4.22. The number of hydrogen-bond acceptors (Lipinski definition) is 2. The second-order valence-electron chi connectivity index (χ2n) is 5.33. The van der Waals surface area contributed by atoms with E-state index in [-0.39, 0.29) is 6.09 Å². The van der Waals surface area contributed by atoms with Crippen LogP contribution < -0.4 is 0 Å². The maximum absolute atomic E-state index is 12.1. The van der Waals surface area contributed by atoms with Crippen LogP contribution in [-0.2, 0) is 4.74 Å². The Morgan fingerprint density at radius 3 is 2.74 bits per heavy atom. The highest BCUT2D eigenvalue weighted by molar-refractivity contribution is 5.90. The molecule has 1 heterocycles. The number of nitrogens with zero attached hydrogens (tertiary/aromatic N) is 1. The van der Waals surface area contributed by atoms with Crippen molar-refractivity contribution in [3.63, 3.8) is 0 Å². The molecule has 0 aliphatic rings. The Hall–Kier alpha value is -2.25. The molecule has 0 N–H and O–H groups in total. The number of rotatable bonds is 1. The van der Waals surface area contributed by atoms with Gasteiger partial charge in [0.05, 0.1) is 5.52 Å². The van der Waals surface area contributed by atoms with Crippen LogP contribution >= 0.6 is 0 Å². The van der Waals surface area contributed by atoms with Gasteiger partial charge in [0.2, 0.25) is 0 Å². The first-order valence-electron chi connectivity index (χ1n) is 6.11. The van der Waals surface area contributed by atoms with Gasteiger partial charge >= 0.3 is 6.09 Å². The van der Waals surface area contributed by atoms with Crippen molar-refractivity contribution in [3.05, 3.63) is 48.3 Å². The highest BCUT2D eigenvalue weighted by Crippen LogP contribution is 2.20. The van der Waals surface area contributed by atoms with Crippen LogP contribution in [0.5, 0.6) is 0 Å². The molecule has 0 amide bonds. The van der Waals surface area contributed by atoms with E-state index < -0.39 is 5.60 Å². The Labute approximate surface area is 112 Å². The largest absolute Gasteiger partial charge is 0.443 e. The smallest absolute Gasteiger partial charge is 0.418 e. The molecular weight excluding hydrogens is 238 g/mol. The number of benzene rings is 1. The predicted molar refractivity (Wildman–Crippen MR) is 77.2 cm³/mol. The van der Waals surface area contributed by atoms with E-state index in [0.29, 0.717) is 0 Å². The lowest BCUT2D eigenvalue weighted by Crippen LogP contribution is -2.26. The van der Waals surface area contributed by atoms with Gasteiger partial charge in [-0.2, -0.15) is 0 Å². The minimum absolute atomic E-state index is 0.366. The van der Waals surface area contributed by atoms with Crippen LogP contribution in [0.15, 0.2) is 42.8 Å². The third-order valence-electron chi connectivity index (χ3n) is 2.57. The van der Waals surface area contributed by atoms with Gasteiger partial charge in [0.25, 0.3) is 0 Å². The molecule has 19 heavy (non-hydrogen) atoms. The number of ether oxygens (including phenoxy) is 1. The van der Waals surface area contributed by atoms with Gasteiger partial charge in [0.1, 0.15) is 5.60 Å². The van der Waals surface area contributed by atoms with Crippen LogP contribution in [0.4, 0.5) is 4.79 Å². The van der Waals surface area contributed by atoms with Gasteiger partial charge in [-0.1, -0.05) is 12.6 Å². The second kappa shape index (κ2) is 4.79. The van der Waals surface area contributed by atoms with Gasteiger partial charge in [-0.15, -0.1) is 5.73 Å². The average Bonchev–Trinajstić information content (AvgIpc) is 2.70. The Morgan fingerprint density at radius 1 is 1.37 bits per heavy atom. The van der Waals surface area contributed by atoms with Gasteiger partial charge in [0, 0.05) is 11.6 Å². The average molecular weight is 255 g/mol. The molecule has 0 radical (unpaired) electrons. The van der Waals surface area contributed by atoms with Crippen LogP contribution in [0.25, 0.3) is 17.0 Å². The highest BCUT2D eigenvalue weighted by atomic mass is 16.6. The molecule has 98 valence electrons. The maximum Gasteiger partial charge on any atom is 0.418 e. The first kappa shape index (κ1) is 13.2. The molecule has 3 heteroatoms. The van der Waals surface area contributed by atoms with Crippen molar-refractivity contribution in [2.45, 2.75) is 26.4 Å². The lowest BCUT2D eigenvalue weighted by molar-refractivity contribution is 0.0544. The normalized spacial score (nSPS) is 11.1. The minimum Gasteiger partial charge on any atom is -0.443 e. The Bertz CT molecular complexity index is 668. The number of carbonyl (C=O) groups is 1. The van der Waals surface area contributed by atoms with E-state index >= 15 is 0 Å². The molecule has 1 aromatic carbocycles. The van der Waals surface area contributed by atoms with Crippen molar-refractivity contribution in [2.75, 3.05) is 0 Å². The summed E-state index contributed by atoms with van der Waals surface area (Å²) < 4.78 is 6.88. The maximum atomic E-state index is 12.1. The van der Waals surface area contributed by atoms with Gasteiger partial charge in [-0.25, -0.2) is 4.79 Å². The van der Waals surface area contributed by atoms with Gasteiger partial charge in [0.15, 0.2) is 0 Å². The highest BCUT2D eigenvalue weighted by Gasteiger charge is 2.18. The number of carbonyl (C=O) groups excluding carboxylic acids is 1. The van der Waals surface area contributed by atoms with Crippen LogP contribution in [-0.4, -0.2) is 16.3 Å². The molecule has 0 spiro atoms. The molecule has 3 nitrogen and oxygen atoms in total. The number of hydrogen-bond donors (Lipinski definition) is 0. The summed E-state index contributed by atoms with van der Waals surface area (Å²) >= 11 is 0. The van der Waals surface area contributed by atoms with E-state index in [4.69, 9.17) is 4.74 Å². The van der Waals surface area contributed by atoms with Crippen molar-refractivity contribution in [1.29, 1.82) is 0 Å². The van der Waals surface area contributed by atoms with Crippen molar-refractivity contribution in [2.24, 2.45) is 0 Å². The summed E-state index contributed by atoms with van der Waals surface area (Å²) in [5.41, 5.74) is 4.07. The molecule has 0 fully saturated rings. The van der Waals surface area contributed by atoms with E-state index in [1.54, 1.807) is 12.3 Å². The zero-order chi connectivity index (χ0) is 14.0. The Kier molecular flexibility index (Phi) is 3.32. The molecule has 1 aromatic heterocycles. The van der Waals surface area contributed by atoms with Crippen molar-refractivity contribution < 1.29 is 9.53 Å². The number of fused-ring (bicyclic) bond motifs is 1. The molecule has 0 saturated heterocycles. The summed E-state index contributed by atoms with van der Waals surface area (Å²) in [6.45, 7) is 9.10. The zero-order valence-corrected chi connectivity index (χ0v) is 11.4. The van der Waals surface area contributed by atoms with E-state index in [1.165, 1.54) is 4.57 Å².